The number of unbranched alkanes of at least 4 members (excludes halogenated alkanes) is 2. The highest BCUT2D eigenvalue weighted by Gasteiger charge is 2.41. The summed E-state index contributed by atoms with van der Waals surface area (Å²) in [6, 6.07) is -0.518. The van der Waals surface area contributed by atoms with Crippen molar-refractivity contribution < 1.29 is 14.4 Å². The van der Waals surface area contributed by atoms with Gasteiger partial charge in [-0.1, -0.05) is 6.42 Å². The molecule has 0 aromatic carbocycles. The number of imide groups is 2. The van der Waals surface area contributed by atoms with Crippen molar-refractivity contribution in [3.8, 4) is 0 Å². The molecule has 0 bridgehead atoms. The molecule has 0 aromatic heterocycles. The van der Waals surface area contributed by atoms with Crippen molar-refractivity contribution in [1.29, 1.82) is 0 Å². The minimum Gasteiger partial charge on any atom is -0.263 e. The van der Waals surface area contributed by atoms with E-state index in [-0.39, 0.29) is 0 Å². The van der Waals surface area contributed by atoms with Gasteiger partial charge in [0.15, 0.2) is 0 Å². The Morgan fingerprint density at radius 1 is 1.07 bits per heavy atom. The van der Waals surface area contributed by atoms with Gasteiger partial charge in [-0.15, -0.1) is 0 Å². The third-order valence-electron chi connectivity index (χ3n) is 2.29. The van der Waals surface area contributed by atoms with Crippen molar-refractivity contribution in [3.63, 3.8) is 0 Å². The van der Waals surface area contributed by atoms with Crippen molar-refractivity contribution in [2.75, 3.05) is 19.3 Å². The van der Waals surface area contributed by atoms with Gasteiger partial charge in [-0.05, 0) is 18.6 Å². The van der Waals surface area contributed by atoms with Crippen LogP contribution in [0.3, 0.4) is 0 Å². The van der Waals surface area contributed by atoms with Gasteiger partial charge >= 0.3 is 17.8 Å². The van der Waals surface area contributed by atoms with Gasteiger partial charge in [-0.2, -0.15) is 12.6 Å². The number of likely N-dealkylation sites (N-methyl/N-ethyl adjacent to an activating group) is 1. The molecule has 84 valence electrons. The quantitative estimate of drug-likeness (QED) is 0.324. The monoisotopic (exact) mass is 230 g/mol. The smallest absolute Gasteiger partial charge is 0.263 e. The second kappa shape index (κ2) is 5.16. The summed E-state index contributed by atoms with van der Waals surface area (Å²) in [6.07, 6.45) is 2.57. The Labute approximate surface area is 93.8 Å². The third kappa shape index (κ3) is 2.50. The van der Waals surface area contributed by atoms with Gasteiger partial charge in [-0.3, -0.25) is 19.4 Å². The fourth-order valence-electron chi connectivity index (χ4n) is 1.37. The number of urea groups is 1. The lowest BCUT2D eigenvalue weighted by Gasteiger charge is -2.11. The highest BCUT2D eigenvalue weighted by Crippen LogP contribution is 2.11. The number of thiol groups is 1. The highest BCUT2D eigenvalue weighted by atomic mass is 32.1. The maximum absolute atomic E-state index is 11.4. The number of carbonyl (C=O) groups excluding carboxylic acids is 3. The summed E-state index contributed by atoms with van der Waals surface area (Å²) < 4.78 is 0. The van der Waals surface area contributed by atoms with Gasteiger partial charge in [0.1, 0.15) is 0 Å². The molecule has 0 unspecified atom stereocenters. The maximum Gasteiger partial charge on any atom is 0.333 e. The summed E-state index contributed by atoms with van der Waals surface area (Å²) in [4.78, 5) is 35.6. The lowest BCUT2D eigenvalue weighted by atomic mass is 10.2. The van der Waals surface area contributed by atoms with E-state index < -0.39 is 17.8 Å². The van der Waals surface area contributed by atoms with Crippen LogP contribution in [0.4, 0.5) is 4.79 Å². The molecular formula is C9H14N2O3S. The van der Waals surface area contributed by atoms with E-state index in [2.05, 4.69) is 12.6 Å². The van der Waals surface area contributed by atoms with E-state index in [9.17, 15) is 14.4 Å². The van der Waals surface area contributed by atoms with Gasteiger partial charge in [-0.25, -0.2) is 4.79 Å². The van der Waals surface area contributed by atoms with Crippen molar-refractivity contribution in [3.05, 3.63) is 0 Å². The molecule has 6 heteroatoms. The van der Waals surface area contributed by atoms with Crippen LogP contribution < -0.4 is 0 Å². The van der Waals surface area contributed by atoms with Crippen LogP contribution in [0.5, 0.6) is 0 Å². The Bertz CT molecular complexity index is 293. The lowest BCUT2D eigenvalue weighted by molar-refractivity contribution is -0.142. The molecule has 0 radical (unpaired) electrons. The van der Waals surface area contributed by atoms with Gasteiger partial charge in [0.25, 0.3) is 0 Å². The zero-order valence-electron chi connectivity index (χ0n) is 8.60. The Kier molecular flexibility index (Phi) is 4.14. The Balaban J connectivity index is 2.45. The molecule has 0 N–H and O–H groups in total. The molecular weight excluding hydrogens is 216 g/mol. The number of carbonyl (C=O) groups is 3. The molecule has 0 aromatic rings. The molecule has 0 spiro atoms. The zero-order chi connectivity index (χ0) is 11.4. The van der Waals surface area contributed by atoms with Gasteiger partial charge < -0.3 is 0 Å². The Hall–Kier alpha value is -1.04. The van der Waals surface area contributed by atoms with Crippen molar-refractivity contribution in [2.24, 2.45) is 0 Å². The number of amides is 4. The van der Waals surface area contributed by atoms with Crippen LogP contribution >= 0.6 is 12.6 Å². The highest BCUT2D eigenvalue weighted by molar-refractivity contribution is 7.80. The van der Waals surface area contributed by atoms with Crippen LogP contribution in [-0.2, 0) is 9.59 Å². The topological polar surface area (TPSA) is 57.7 Å². The third-order valence-corrected chi connectivity index (χ3v) is 2.61. The largest absolute Gasteiger partial charge is 0.333 e. The summed E-state index contributed by atoms with van der Waals surface area (Å²) in [5, 5.41) is 0. The Morgan fingerprint density at radius 2 is 1.73 bits per heavy atom. The molecule has 15 heavy (non-hydrogen) atoms. The molecule has 0 saturated carbocycles. The standard InChI is InChI=1S/C9H14N2O3S/c1-10-7(12)8(13)11(9(10)14)5-3-2-4-6-15/h15H,2-6H2,1H3. The average molecular weight is 230 g/mol. The van der Waals surface area contributed by atoms with E-state index in [1.165, 1.54) is 7.05 Å². The van der Waals surface area contributed by atoms with Gasteiger partial charge in [0.05, 0.1) is 0 Å². The van der Waals surface area contributed by atoms with E-state index in [0.29, 0.717) is 6.54 Å². The summed E-state index contributed by atoms with van der Waals surface area (Å²) in [5.74, 6) is -0.664. The van der Waals surface area contributed by atoms with Gasteiger partial charge in [0.2, 0.25) is 0 Å². The van der Waals surface area contributed by atoms with Crippen LogP contribution in [-0.4, -0.2) is 47.0 Å². The van der Waals surface area contributed by atoms with Crippen LogP contribution in [0, 0.1) is 0 Å². The van der Waals surface area contributed by atoms with Crippen LogP contribution in [0.25, 0.3) is 0 Å². The predicted octanol–water partition coefficient (Wildman–Crippen LogP) is 0.507. The molecule has 0 aliphatic carbocycles. The zero-order valence-corrected chi connectivity index (χ0v) is 9.50. The molecule has 1 fully saturated rings. The molecule has 1 heterocycles. The second-order valence-corrected chi connectivity index (χ2v) is 3.84. The van der Waals surface area contributed by atoms with Crippen LogP contribution in [0.1, 0.15) is 19.3 Å². The number of hydrogen-bond donors (Lipinski definition) is 1. The molecule has 1 saturated heterocycles. The first-order chi connectivity index (χ1) is 7.09. The van der Waals surface area contributed by atoms with E-state index in [4.69, 9.17) is 0 Å². The molecule has 1 rings (SSSR count). The fraction of sp³-hybridized carbons (Fsp3) is 0.667. The fourth-order valence-corrected chi connectivity index (χ4v) is 1.59. The first kappa shape index (κ1) is 12.0. The minimum absolute atomic E-state index is 0.321. The van der Waals surface area contributed by atoms with Crippen LogP contribution in [0.15, 0.2) is 0 Å². The maximum atomic E-state index is 11.4. The van der Waals surface area contributed by atoms with Crippen molar-refractivity contribution in [1.82, 2.24) is 9.80 Å². The van der Waals surface area contributed by atoms with Gasteiger partial charge in [0, 0.05) is 13.6 Å². The molecule has 4 amide bonds. The molecule has 5 nitrogen and oxygen atoms in total. The predicted molar refractivity (Wildman–Crippen MR) is 57.6 cm³/mol. The molecule has 1 aliphatic rings. The number of hydrogen-bond acceptors (Lipinski definition) is 4. The van der Waals surface area contributed by atoms with E-state index in [0.717, 1.165) is 34.8 Å². The number of rotatable bonds is 5. The second-order valence-electron chi connectivity index (χ2n) is 3.39. The first-order valence-electron chi connectivity index (χ1n) is 4.84. The lowest BCUT2D eigenvalue weighted by Crippen LogP contribution is -2.32. The van der Waals surface area contributed by atoms with Crippen molar-refractivity contribution >= 4 is 30.5 Å². The van der Waals surface area contributed by atoms with E-state index in [1.807, 2.05) is 0 Å². The Morgan fingerprint density at radius 3 is 2.20 bits per heavy atom. The molecule has 0 atom stereocenters. The van der Waals surface area contributed by atoms with Crippen LogP contribution in [0.2, 0.25) is 0 Å². The van der Waals surface area contributed by atoms with E-state index >= 15 is 0 Å². The SMILES string of the molecule is CN1C(=O)C(=O)N(CCCCCS)C1=O. The minimum atomic E-state index is -0.741. The summed E-state index contributed by atoms with van der Waals surface area (Å²) in [5.41, 5.74) is 0. The normalized spacial score (nSPS) is 16.8. The first-order valence-corrected chi connectivity index (χ1v) is 5.47. The van der Waals surface area contributed by atoms with Crippen molar-refractivity contribution in [2.45, 2.75) is 19.3 Å². The van der Waals surface area contributed by atoms with E-state index in [1.54, 1.807) is 0 Å². The number of nitrogens with zero attached hydrogens (tertiary/aromatic N) is 2. The summed E-state index contributed by atoms with van der Waals surface area (Å²) in [6.45, 7) is 0.321. The summed E-state index contributed by atoms with van der Waals surface area (Å²) in [7, 11) is 1.32. The summed E-state index contributed by atoms with van der Waals surface area (Å²) >= 11 is 4.06. The average Bonchev–Trinajstić information content (AvgIpc) is 2.41. The molecule has 1 aliphatic heterocycles.